The molecule has 1 aromatic carbocycles. The van der Waals surface area contributed by atoms with E-state index in [2.05, 4.69) is 0 Å². The Bertz CT molecular complexity index is 496. The normalized spacial score (nSPS) is 20.1. The number of aliphatic hydroxyl groups excluding tert-OH is 1. The van der Waals surface area contributed by atoms with Gasteiger partial charge in [-0.05, 0) is 37.8 Å². The van der Waals surface area contributed by atoms with E-state index in [1.807, 2.05) is 20.8 Å². The van der Waals surface area contributed by atoms with Gasteiger partial charge in [-0.25, -0.2) is 8.42 Å². The first-order chi connectivity index (χ1) is 9.54. The number of aryl methyl sites for hydroxylation is 1. The molecule has 5 heteroatoms. The Morgan fingerprint density at radius 1 is 1.25 bits per heavy atom. The van der Waals surface area contributed by atoms with Crippen molar-refractivity contribution in [2.45, 2.75) is 38.5 Å². The molecule has 1 saturated heterocycles. The van der Waals surface area contributed by atoms with Gasteiger partial charge in [0.15, 0.2) is 0 Å². The van der Waals surface area contributed by atoms with E-state index in [9.17, 15) is 8.42 Å². The lowest BCUT2D eigenvalue weighted by Crippen LogP contribution is -2.40. The molecule has 2 rings (SSSR count). The summed E-state index contributed by atoms with van der Waals surface area (Å²) in [5.74, 6) is 0.0685. The molecule has 0 amide bonds. The molecule has 1 unspecified atom stereocenters. The maximum atomic E-state index is 12.4. The van der Waals surface area contributed by atoms with Crippen molar-refractivity contribution in [1.29, 1.82) is 0 Å². The molecule has 114 valence electrons. The number of nitrogens with zero attached hydrogens (tertiary/aromatic N) is 1. The fourth-order valence-electron chi connectivity index (χ4n) is 2.25. The van der Waals surface area contributed by atoms with E-state index >= 15 is 0 Å². The van der Waals surface area contributed by atoms with E-state index in [0.717, 1.165) is 18.4 Å². The zero-order valence-electron chi connectivity index (χ0n) is 12.5. The lowest BCUT2D eigenvalue weighted by atomic mass is 10.0. The molecule has 0 spiro atoms. The van der Waals surface area contributed by atoms with E-state index in [1.165, 1.54) is 4.31 Å². The SMILES string of the molecule is CC.Cc1ccc(S(=O)(=O)N2CCCC(CO)C2)cc1. The van der Waals surface area contributed by atoms with Crippen LogP contribution >= 0.6 is 0 Å². The molecule has 0 saturated carbocycles. The molecule has 1 aromatic rings. The summed E-state index contributed by atoms with van der Waals surface area (Å²) in [7, 11) is -3.40. The van der Waals surface area contributed by atoms with Crippen LogP contribution in [0.2, 0.25) is 0 Å². The van der Waals surface area contributed by atoms with Gasteiger partial charge in [0.05, 0.1) is 4.90 Å². The minimum Gasteiger partial charge on any atom is -0.396 e. The average molecular weight is 299 g/mol. The molecule has 0 aromatic heterocycles. The molecule has 0 radical (unpaired) electrons. The zero-order valence-corrected chi connectivity index (χ0v) is 13.4. The van der Waals surface area contributed by atoms with Gasteiger partial charge >= 0.3 is 0 Å². The van der Waals surface area contributed by atoms with Gasteiger partial charge in [-0.3, -0.25) is 0 Å². The van der Waals surface area contributed by atoms with Crippen LogP contribution in [0.1, 0.15) is 32.3 Å². The highest BCUT2D eigenvalue weighted by Crippen LogP contribution is 2.23. The molecule has 20 heavy (non-hydrogen) atoms. The Morgan fingerprint density at radius 2 is 1.85 bits per heavy atom. The number of piperidine rings is 1. The fraction of sp³-hybridized carbons (Fsp3) is 0.600. The largest absolute Gasteiger partial charge is 0.396 e. The number of rotatable bonds is 3. The predicted octanol–water partition coefficient (Wildman–Crippen LogP) is 2.41. The van der Waals surface area contributed by atoms with Gasteiger partial charge in [-0.1, -0.05) is 31.5 Å². The summed E-state index contributed by atoms with van der Waals surface area (Å²) in [6.45, 7) is 6.96. The second-order valence-corrected chi connectivity index (χ2v) is 6.80. The van der Waals surface area contributed by atoms with Crippen LogP contribution in [-0.2, 0) is 10.0 Å². The third-order valence-corrected chi connectivity index (χ3v) is 5.28. The molecular weight excluding hydrogens is 274 g/mol. The van der Waals surface area contributed by atoms with Gasteiger partial charge in [0.2, 0.25) is 10.0 Å². The molecule has 0 bridgehead atoms. The van der Waals surface area contributed by atoms with E-state index in [-0.39, 0.29) is 12.5 Å². The van der Waals surface area contributed by atoms with Crippen LogP contribution in [0, 0.1) is 12.8 Å². The number of aliphatic hydroxyl groups is 1. The summed E-state index contributed by atoms with van der Waals surface area (Å²) >= 11 is 0. The monoisotopic (exact) mass is 299 g/mol. The second kappa shape index (κ2) is 7.76. The fourth-order valence-corrected chi connectivity index (χ4v) is 3.81. The predicted molar refractivity (Wildman–Crippen MR) is 81.1 cm³/mol. The summed E-state index contributed by atoms with van der Waals surface area (Å²) in [6, 6.07) is 6.90. The maximum absolute atomic E-state index is 12.4. The van der Waals surface area contributed by atoms with Crippen molar-refractivity contribution in [2.24, 2.45) is 5.92 Å². The lowest BCUT2D eigenvalue weighted by Gasteiger charge is -2.30. The van der Waals surface area contributed by atoms with Crippen molar-refractivity contribution in [2.75, 3.05) is 19.7 Å². The molecule has 1 aliphatic heterocycles. The van der Waals surface area contributed by atoms with Crippen LogP contribution in [-0.4, -0.2) is 37.5 Å². The molecule has 1 aliphatic rings. The highest BCUT2D eigenvalue weighted by Gasteiger charge is 2.29. The molecule has 4 nitrogen and oxygen atoms in total. The van der Waals surface area contributed by atoms with E-state index in [1.54, 1.807) is 24.3 Å². The van der Waals surface area contributed by atoms with Crippen LogP contribution in [0.15, 0.2) is 29.2 Å². The van der Waals surface area contributed by atoms with Gasteiger partial charge in [0.1, 0.15) is 0 Å². The molecular formula is C15H25NO3S. The van der Waals surface area contributed by atoms with Crippen molar-refractivity contribution < 1.29 is 13.5 Å². The number of sulfonamides is 1. The van der Waals surface area contributed by atoms with Crippen molar-refractivity contribution >= 4 is 10.0 Å². The van der Waals surface area contributed by atoms with Crippen molar-refractivity contribution in [3.63, 3.8) is 0 Å². The summed E-state index contributed by atoms with van der Waals surface area (Å²) in [5, 5.41) is 9.16. The minimum atomic E-state index is -3.40. The minimum absolute atomic E-state index is 0.0555. The van der Waals surface area contributed by atoms with E-state index in [0.29, 0.717) is 18.0 Å². The highest BCUT2D eigenvalue weighted by molar-refractivity contribution is 7.89. The number of benzene rings is 1. The van der Waals surface area contributed by atoms with Crippen molar-refractivity contribution in [3.8, 4) is 0 Å². The van der Waals surface area contributed by atoms with Crippen LogP contribution < -0.4 is 0 Å². The Morgan fingerprint density at radius 3 is 2.40 bits per heavy atom. The first kappa shape index (κ1) is 17.1. The van der Waals surface area contributed by atoms with E-state index in [4.69, 9.17) is 5.11 Å². The smallest absolute Gasteiger partial charge is 0.243 e. The lowest BCUT2D eigenvalue weighted by molar-refractivity contribution is 0.165. The Labute approximate surface area is 122 Å². The van der Waals surface area contributed by atoms with Crippen LogP contribution in [0.25, 0.3) is 0 Å². The van der Waals surface area contributed by atoms with Crippen LogP contribution in [0.4, 0.5) is 0 Å². The first-order valence-electron chi connectivity index (χ1n) is 7.21. The van der Waals surface area contributed by atoms with Gasteiger partial charge in [-0.2, -0.15) is 4.31 Å². The van der Waals surface area contributed by atoms with Crippen LogP contribution in [0.5, 0.6) is 0 Å². The quantitative estimate of drug-likeness (QED) is 0.932. The Kier molecular flexibility index (Phi) is 6.65. The van der Waals surface area contributed by atoms with Crippen LogP contribution in [0.3, 0.4) is 0 Å². The molecule has 1 heterocycles. The summed E-state index contributed by atoms with van der Waals surface area (Å²) in [4.78, 5) is 0.340. The molecule has 1 N–H and O–H groups in total. The standard InChI is InChI=1S/C13H19NO3S.C2H6/c1-11-4-6-13(7-5-11)18(16,17)14-8-2-3-12(9-14)10-15;1-2/h4-7,12,15H,2-3,8-10H2,1H3;1-2H3. The molecule has 0 aliphatic carbocycles. The average Bonchev–Trinajstić information content (AvgIpc) is 2.50. The number of hydrogen-bond donors (Lipinski definition) is 1. The van der Waals surface area contributed by atoms with Crippen molar-refractivity contribution in [3.05, 3.63) is 29.8 Å². The first-order valence-corrected chi connectivity index (χ1v) is 8.65. The molecule has 1 fully saturated rings. The summed E-state index contributed by atoms with van der Waals surface area (Å²) in [5.41, 5.74) is 1.04. The second-order valence-electron chi connectivity index (χ2n) is 4.87. The van der Waals surface area contributed by atoms with Gasteiger partial charge in [0.25, 0.3) is 0 Å². The van der Waals surface area contributed by atoms with Gasteiger partial charge < -0.3 is 5.11 Å². The molecule has 1 atom stereocenters. The number of hydrogen-bond acceptors (Lipinski definition) is 3. The topological polar surface area (TPSA) is 57.6 Å². The highest BCUT2D eigenvalue weighted by atomic mass is 32.2. The Hall–Kier alpha value is -0.910. The third-order valence-electron chi connectivity index (χ3n) is 3.40. The zero-order chi connectivity index (χ0) is 15.2. The van der Waals surface area contributed by atoms with E-state index < -0.39 is 10.0 Å². The summed E-state index contributed by atoms with van der Waals surface area (Å²) in [6.07, 6.45) is 1.72. The summed E-state index contributed by atoms with van der Waals surface area (Å²) < 4.78 is 26.3. The Balaban J connectivity index is 0.000000956. The van der Waals surface area contributed by atoms with Gasteiger partial charge in [0, 0.05) is 19.7 Å². The maximum Gasteiger partial charge on any atom is 0.243 e. The third kappa shape index (κ3) is 4.04. The van der Waals surface area contributed by atoms with Crippen molar-refractivity contribution in [1.82, 2.24) is 4.31 Å². The van der Waals surface area contributed by atoms with Gasteiger partial charge in [-0.15, -0.1) is 0 Å².